The lowest BCUT2D eigenvalue weighted by molar-refractivity contribution is -0.156. The highest BCUT2D eigenvalue weighted by atomic mass is 19.1. The van der Waals surface area contributed by atoms with Gasteiger partial charge in [0.15, 0.2) is 24.3 Å². The van der Waals surface area contributed by atoms with E-state index < -0.39 is 30.4 Å². The fraction of sp³-hybridized carbons (Fsp3) is 0.222. The van der Waals surface area contributed by atoms with E-state index in [2.05, 4.69) is 5.32 Å². The van der Waals surface area contributed by atoms with Crippen molar-refractivity contribution in [3.05, 3.63) is 66.0 Å². The van der Waals surface area contributed by atoms with Crippen molar-refractivity contribution in [3.8, 4) is 5.75 Å². The van der Waals surface area contributed by atoms with Crippen molar-refractivity contribution in [3.63, 3.8) is 0 Å². The molecule has 0 saturated carbocycles. The van der Waals surface area contributed by atoms with Crippen LogP contribution in [0.3, 0.4) is 0 Å². The zero-order valence-electron chi connectivity index (χ0n) is 13.2. The van der Waals surface area contributed by atoms with E-state index in [0.29, 0.717) is 6.54 Å². The van der Waals surface area contributed by atoms with Gasteiger partial charge in [0.2, 0.25) is 0 Å². The summed E-state index contributed by atoms with van der Waals surface area (Å²) >= 11 is 0. The molecule has 126 valence electrons. The number of hydrogen-bond acceptors (Lipinski definition) is 4. The van der Waals surface area contributed by atoms with Crippen molar-refractivity contribution in [1.82, 2.24) is 5.32 Å². The van der Waals surface area contributed by atoms with E-state index in [1.807, 2.05) is 30.3 Å². The number of hydrogen-bond donors (Lipinski definition) is 1. The van der Waals surface area contributed by atoms with Gasteiger partial charge in [-0.1, -0.05) is 42.5 Å². The molecule has 0 aromatic heterocycles. The molecule has 5 nitrogen and oxygen atoms in total. The van der Waals surface area contributed by atoms with Gasteiger partial charge in [-0.2, -0.15) is 0 Å². The van der Waals surface area contributed by atoms with Crippen molar-refractivity contribution in [2.45, 2.75) is 19.6 Å². The second-order valence-corrected chi connectivity index (χ2v) is 5.05. The fourth-order valence-corrected chi connectivity index (χ4v) is 1.91. The van der Waals surface area contributed by atoms with Crippen LogP contribution in [0.1, 0.15) is 12.5 Å². The minimum Gasteiger partial charge on any atom is -0.479 e. The average Bonchev–Trinajstić information content (AvgIpc) is 2.59. The lowest BCUT2D eigenvalue weighted by Crippen LogP contribution is -2.36. The molecule has 2 rings (SSSR count). The summed E-state index contributed by atoms with van der Waals surface area (Å²) in [5.41, 5.74) is 0.937. The minimum atomic E-state index is -0.967. The molecule has 2 aromatic rings. The quantitative estimate of drug-likeness (QED) is 0.792. The zero-order valence-corrected chi connectivity index (χ0v) is 13.2. The summed E-state index contributed by atoms with van der Waals surface area (Å²) in [5, 5.41) is 2.67. The van der Waals surface area contributed by atoms with E-state index in [4.69, 9.17) is 9.47 Å². The number of benzene rings is 2. The summed E-state index contributed by atoms with van der Waals surface area (Å²) < 4.78 is 23.3. The van der Waals surface area contributed by atoms with Crippen LogP contribution >= 0.6 is 0 Å². The Morgan fingerprint density at radius 1 is 1.08 bits per heavy atom. The Morgan fingerprint density at radius 3 is 2.46 bits per heavy atom. The van der Waals surface area contributed by atoms with E-state index in [1.165, 1.54) is 25.1 Å². The monoisotopic (exact) mass is 331 g/mol. The maximum atomic E-state index is 13.4. The Morgan fingerprint density at radius 2 is 1.75 bits per heavy atom. The number of nitrogens with one attached hydrogen (secondary N) is 1. The first kappa shape index (κ1) is 17.5. The van der Waals surface area contributed by atoms with Crippen molar-refractivity contribution in [1.29, 1.82) is 0 Å². The normalized spacial score (nSPS) is 11.4. The molecule has 0 aliphatic heterocycles. The molecule has 0 aliphatic carbocycles. The van der Waals surface area contributed by atoms with Gasteiger partial charge in [0.05, 0.1) is 0 Å². The third kappa shape index (κ3) is 5.39. The maximum Gasteiger partial charge on any atom is 0.344 e. The summed E-state index contributed by atoms with van der Waals surface area (Å²) in [6.07, 6.45) is -0.967. The summed E-state index contributed by atoms with van der Waals surface area (Å²) in [5.74, 6) is -1.78. The minimum absolute atomic E-state index is 0.0457. The highest BCUT2D eigenvalue weighted by Gasteiger charge is 2.18. The van der Waals surface area contributed by atoms with Gasteiger partial charge < -0.3 is 14.8 Å². The SMILES string of the molecule is C[C@@H](OC(=O)COc1ccccc1F)C(=O)NCc1ccccc1. The number of para-hydroxylation sites is 1. The van der Waals surface area contributed by atoms with Crippen LogP contribution in [0.2, 0.25) is 0 Å². The van der Waals surface area contributed by atoms with Gasteiger partial charge in [-0.3, -0.25) is 4.79 Å². The smallest absolute Gasteiger partial charge is 0.344 e. The Hall–Kier alpha value is -2.89. The maximum absolute atomic E-state index is 13.4. The van der Waals surface area contributed by atoms with E-state index in [1.54, 1.807) is 6.07 Å². The number of halogens is 1. The molecule has 0 unspecified atom stereocenters. The highest BCUT2D eigenvalue weighted by Crippen LogP contribution is 2.15. The molecule has 1 amide bonds. The van der Waals surface area contributed by atoms with Crippen LogP contribution in [-0.4, -0.2) is 24.6 Å². The second-order valence-electron chi connectivity index (χ2n) is 5.05. The van der Waals surface area contributed by atoms with Crippen LogP contribution in [0, 0.1) is 5.82 Å². The molecule has 0 bridgehead atoms. The highest BCUT2D eigenvalue weighted by molar-refractivity contribution is 5.83. The third-order valence-electron chi connectivity index (χ3n) is 3.17. The van der Waals surface area contributed by atoms with Gasteiger partial charge in [-0.05, 0) is 24.6 Å². The molecule has 0 saturated heterocycles. The predicted octanol–water partition coefficient (Wildman–Crippen LogP) is 2.45. The van der Waals surface area contributed by atoms with Crippen LogP contribution in [0.15, 0.2) is 54.6 Å². The van der Waals surface area contributed by atoms with E-state index in [-0.39, 0.29) is 5.75 Å². The van der Waals surface area contributed by atoms with Crippen LogP contribution in [0.5, 0.6) is 5.75 Å². The molecule has 0 aliphatic rings. The number of carbonyl (C=O) groups excluding carboxylic acids is 2. The lowest BCUT2D eigenvalue weighted by Gasteiger charge is -2.14. The number of esters is 1. The molecule has 0 radical (unpaired) electrons. The molecule has 0 heterocycles. The lowest BCUT2D eigenvalue weighted by atomic mass is 10.2. The Balaban J connectivity index is 1.74. The molecular weight excluding hydrogens is 313 g/mol. The van der Waals surface area contributed by atoms with Crippen LogP contribution < -0.4 is 10.1 Å². The first-order valence-corrected chi connectivity index (χ1v) is 7.44. The third-order valence-corrected chi connectivity index (χ3v) is 3.17. The van der Waals surface area contributed by atoms with E-state index in [9.17, 15) is 14.0 Å². The first-order chi connectivity index (χ1) is 11.6. The van der Waals surface area contributed by atoms with Gasteiger partial charge in [-0.25, -0.2) is 9.18 Å². The molecule has 0 fully saturated rings. The van der Waals surface area contributed by atoms with Gasteiger partial charge >= 0.3 is 5.97 Å². The Kier molecular flexibility index (Phi) is 6.31. The number of ether oxygens (including phenoxy) is 2. The summed E-state index contributed by atoms with van der Waals surface area (Å²) in [4.78, 5) is 23.6. The van der Waals surface area contributed by atoms with Crippen molar-refractivity contribution < 1.29 is 23.5 Å². The number of carbonyl (C=O) groups is 2. The molecule has 1 atom stereocenters. The Labute approximate surface area is 139 Å². The summed E-state index contributed by atoms with van der Waals surface area (Å²) in [6, 6.07) is 15.1. The fourth-order valence-electron chi connectivity index (χ4n) is 1.91. The van der Waals surface area contributed by atoms with Gasteiger partial charge in [0.1, 0.15) is 0 Å². The van der Waals surface area contributed by atoms with Gasteiger partial charge in [0, 0.05) is 6.54 Å². The van der Waals surface area contributed by atoms with Crippen molar-refractivity contribution >= 4 is 11.9 Å². The van der Waals surface area contributed by atoms with Crippen LogP contribution in [-0.2, 0) is 20.9 Å². The number of rotatable bonds is 7. The van der Waals surface area contributed by atoms with Gasteiger partial charge in [0.25, 0.3) is 5.91 Å². The zero-order chi connectivity index (χ0) is 17.4. The van der Waals surface area contributed by atoms with E-state index >= 15 is 0 Å². The predicted molar refractivity (Wildman–Crippen MR) is 85.7 cm³/mol. The molecule has 1 N–H and O–H groups in total. The summed E-state index contributed by atoms with van der Waals surface area (Å²) in [7, 11) is 0. The van der Waals surface area contributed by atoms with Gasteiger partial charge in [-0.15, -0.1) is 0 Å². The number of amides is 1. The molecular formula is C18H18FNO4. The van der Waals surface area contributed by atoms with Crippen LogP contribution in [0.25, 0.3) is 0 Å². The average molecular weight is 331 g/mol. The Bertz CT molecular complexity index is 690. The largest absolute Gasteiger partial charge is 0.479 e. The molecule has 2 aromatic carbocycles. The molecule has 6 heteroatoms. The van der Waals surface area contributed by atoms with Crippen molar-refractivity contribution in [2.75, 3.05) is 6.61 Å². The topological polar surface area (TPSA) is 64.6 Å². The summed E-state index contributed by atoms with van der Waals surface area (Å²) in [6.45, 7) is 1.33. The standard InChI is InChI=1S/C18H18FNO4/c1-13(18(22)20-11-14-7-3-2-4-8-14)24-17(21)12-23-16-10-6-5-9-15(16)19/h2-10,13H,11-12H2,1H3,(H,20,22)/t13-/m1/s1. The second kappa shape index (κ2) is 8.67. The molecule has 0 spiro atoms. The van der Waals surface area contributed by atoms with Crippen molar-refractivity contribution in [2.24, 2.45) is 0 Å². The van der Waals surface area contributed by atoms with E-state index in [0.717, 1.165) is 5.56 Å². The first-order valence-electron chi connectivity index (χ1n) is 7.44. The molecule has 24 heavy (non-hydrogen) atoms. The van der Waals surface area contributed by atoms with Crippen LogP contribution in [0.4, 0.5) is 4.39 Å².